The first kappa shape index (κ1) is 26.6. The van der Waals surface area contributed by atoms with Gasteiger partial charge in [-0.25, -0.2) is 0 Å². The van der Waals surface area contributed by atoms with Crippen molar-refractivity contribution in [2.24, 2.45) is 0 Å². The standard InChI is InChI=1S/C28H38ClN3O4/c1-7-19(30-8-2)10-9-12-28(6)35-24-18(5)22-20(23(29)25(24)36-28)11-13-32(27(22)34)15-21-16(3)14-17(4)31-26(21)33/h14,19,30H,7-13,15H2,1-6H3,(H,31,33). The van der Waals surface area contributed by atoms with Crippen LogP contribution >= 0.6 is 11.6 Å². The molecule has 2 atom stereocenters. The molecule has 1 amide bonds. The molecule has 2 aromatic rings. The average Bonchev–Trinajstić information content (AvgIpc) is 3.18. The van der Waals surface area contributed by atoms with E-state index in [1.807, 2.05) is 33.8 Å². The van der Waals surface area contributed by atoms with Crippen molar-refractivity contribution in [3.63, 3.8) is 0 Å². The highest BCUT2D eigenvalue weighted by Crippen LogP contribution is 2.51. The van der Waals surface area contributed by atoms with Crippen LogP contribution in [0.15, 0.2) is 10.9 Å². The number of benzene rings is 1. The maximum atomic E-state index is 13.6. The Morgan fingerprint density at radius 1 is 1.19 bits per heavy atom. The fourth-order valence-corrected chi connectivity index (χ4v) is 5.80. The van der Waals surface area contributed by atoms with Crippen molar-refractivity contribution in [2.75, 3.05) is 13.1 Å². The van der Waals surface area contributed by atoms with E-state index in [1.165, 1.54) is 0 Å². The molecule has 3 heterocycles. The molecule has 2 aliphatic heterocycles. The lowest BCUT2D eigenvalue weighted by Crippen LogP contribution is -2.39. The number of carbonyl (C=O) groups is 1. The van der Waals surface area contributed by atoms with Crippen LogP contribution in [0.1, 0.15) is 84.8 Å². The zero-order valence-electron chi connectivity index (χ0n) is 22.3. The summed E-state index contributed by atoms with van der Waals surface area (Å²) in [4.78, 5) is 30.8. The number of halogens is 1. The van der Waals surface area contributed by atoms with Gasteiger partial charge in [-0.2, -0.15) is 0 Å². The predicted molar refractivity (Wildman–Crippen MR) is 142 cm³/mol. The van der Waals surface area contributed by atoms with E-state index >= 15 is 0 Å². The molecule has 0 saturated heterocycles. The van der Waals surface area contributed by atoms with Gasteiger partial charge in [0.2, 0.25) is 5.79 Å². The smallest absolute Gasteiger partial charge is 0.254 e. The number of pyridine rings is 1. The third-order valence-corrected chi connectivity index (χ3v) is 7.87. The highest BCUT2D eigenvalue weighted by atomic mass is 35.5. The number of aromatic nitrogens is 1. The fraction of sp³-hybridized carbons (Fsp3) is 0.571. The number of fused-ring (bicyclic) bond motifs is 2. The minimum Gasteiger partial charge on any atom is -0.448 e. The molecule has 8 heteroatoms. The predicted octanol–water partition coefficient (Wildman–Crippen LogP) is 5.20. The van der Waals surface area contributed by atoms with Crippen molar-refractivity contribution in [1.29, 1.82) is 0 Å². The van der Waals surface area contributed by atoms with E-state index in [1.54, 1.807) is 4.90 Å². The van der Waals surface area contributed by atoms with Crippen LogP contribution in [0, 0.1) is 20.8 Å². The number of ether oxygens (including phenoxy) is 2. The van der Waals surface area contributed by atoms with E-state index in [9.17, 15) is 9.59 Å². The molecule has 0 bridgehead atoms. The molecule has 0 fully saturated rings. The number of rotatable bonds is 9. The number of carbonyl (C=O) groups excluding carboxylic acids is 1. The monoisotopic (exact) mass is 515 g/mol. The zero-order chi connectivity index (χ0) is 26.2. The van der Waals surface area contributed by atoms with Crippen molar-refractivity contribution in [2.45, 2.75) is 92.0 Å². The highest BCUT2D eigenvalue weighted by molar-refractivity contribution is 6.34. The van der Waals surface area contributed by atoms with Gasteiger partial charge in [-0.05, 0) is 70.2 Å². The quantitative estimate of drug-likeness (QED) is 0.479. The van der Waals surface area contributed by atoms with Crippen LogP contribution in [-0.2, 0) is 13.0 Å². The van der Waals surface area contributed by atoms with Crippen LogP contribution in [0.5, 0.6) is 11.5 Å². The number of aromatic amines is 1. The second kappa shape index (κ2) is 10.5. The number of nitrogens with zero attached hydrogens (tertiary/aromatic N) is 1. The summed E-state index contributed by atoms with van der Waals surface area (Å²) in [7, 11) is 0. The maximum Gasteiger partial charge on any atom is 0.254 e. The molecule has 7 nitrogen and oxygen atoms in total. The number of nitrogens with one attached hydrogen (secondary N) is 2. The zero-order valence-corrected chi connectivity index (χ0v) is 23.0. The molecule has 2 unspecified atom stereocenters. The van der Waals surface area contributed by atoms with Gasteiger partial charge in [0, 0.05) is 42.8 Å². The summed E-state index contributed by atoms with van der Waals surface area (Å²) in [6.07, 6.45) is 4.38. The van der Waals surface area contributed by atoms with Crippen LogP contribution in [0.25, 0.3) is 0 Å². The molecular weight excluding hydrogens is 478 g/mol. The first-order valence-electron chi connectivity index (χ1n) is 13.0. The van der Waals surface area contributed by atoms with E-state index in [0.717, 1.165) is 54.6 Å². The number of H-pyrrole nitrogens is 1. The van der Waals surface area contributed by atoms with Crippen LogP contribution in [0.3, 0.4) is 0 Å². The number of amides is 1. The van der Waals surface area contributed by atoms with Gasteiger partial charge in [0.25, 0.3) is 11.5 Å². The first-order valence-corrected chi connectivity index (χ1v) is 13.4. The summed E-state index contributed by atoms with van der Waals surface area (Å²) in [5, 5.41) is 3.98. The summed E-state index contributed by atoms with van der Waals surface area (Å²) >= 11 is 6.82. The Kier molecular flexibility index (Phi) is 7.72. The topological polar surface area (TPSA) is 83.7 Å². The van der Waals surface area contributed by atoms with Gasteiger partial charge in [-0.3, -0.25) is 9.59 Å². The second-order valence-electron chi connectivity index (χ2n) is 10.3. The van der Waals surface area contributed by atoms with Gasteiger partial charge in [-0.15, -0.1) is 0 Å². The highest BCUT2D eigenvalue weighted by Gasteiger charge is 2.42. The van der Waals surface area contributed by atoms with Crippen LogP contribution < -0.4 is 20.3 Å². The third kappa shape index (κ3) is 5.00. The summed E-state index contributed by atoms with van der Waals surface area (Å²) in [5.41, 5.74) is 4.26. The van der Waals surface area contributed by atoms with Gasteiger partial charge < -0.3 is 24.7 Å². The molecule has 2 aliphatic rings. The lowest BCUT2D eigenvalue weighted by molar-refractivity contribution is -0.0701. The van der Waals surface area contributed by atoms with E-state index in [2.05, 4.69) is 24.1 Å². The molecule has 196 valence electrons. The summed E-state index contributed by atoms with van der Waals surface area (Å²) in [6, 6.07) is 2.41. The van der Waals surface area contributed by atoms with Crippen LogP contribution in [0.4, 0.5) is 0 Å². The minimum atomic E-state index is -0.819. The molecule has 0 saturated carbocycles. The third-order valence-electron chi connectivity index (χ3n) is 7.47. The Labute approximate surface area is 218 Å². The second-order valence-corrected chi connectivity index (χ2v) is 10.6. The van der Waals surface area contributed by atoms with Crippen molar-refractivity contribution >= 4 is 17.5 Å². The largest absolute Gasteiger partial charge is 0.448 e. The van der Waals surface area contributed by atoms with Crippen molar-refractivity contribution < 1.29 is 14.3 Å². The molecule has 0 radical (unpaired) electrons. The van der Waals surface area contributed by atoms with Crippen molar-refractivity contribution in [1.82, 2.24) is 15.2 Å². The minimum absolute atomic E-state index is 0.133. The van der Waals surface area contributed by atoms with E-state index in [0.29, 0.717) is 46.7 Å². The Morgan fingerprint density at radius 2 is 1.92 bits per heavy atom. The molecule has 1 aromatic carbocycles. The number of aryl methyl sites for hydroxylation is 2. The number of hydrogen-bond acceptors (Lipinski definition) is 5. The molecular formula is C28H38ClN3O4. The lowest BCUT2D eigenvalue weighted by atomic mass is 9.93. The SMILES string of the molecule is CCNC(CC)CCCC1(C)Oc2c(C)c3c(c(Cl)c2O1)CCN(Cc1c(C)cc(C)[nH]c1=O)C3=O. The average molecular weight is 516 g/mol. The van der Waals surface area contributed by atoms with Crippen LogP contribution in [0.2, 0.25) is 5.02 Å². The van der Waals surface area contributed by atoms with Crippen molar-refractivity contribution in [3.8, 4) is 11.5 Å². The molecule has 2 N–H and O–H groups in total. The summed E-state index contributed by atoms with van der Waals surface area (Å²) in [6.45, 7) is 13.6. The van der Waals surface area contributed by atoms with Crippen LogP contribution in [-0.4, -0.2) is 40.7 Å². The van der Waals surface area contributed by atoms with Gasteiger partial charge in [-0.1, -0.05) is 25.4 Å². The van der Waals surface area contributed by atoms with Gasteiger partial charge in [0.15, 0.2) is 11.5 Å². The Morgan fingerprint density at radius 3 is 2.58 bits per heavy atom. The van der Waals surface area contributed by atoms with Gasteiger partial charge in [0.1, 0.15) is 0 Å². The van der Waals surface area contributed by atoms with E-state index in [-0.39, 0.29) is 18.0 Å². The Bertz CT molecular complexity index is 1220. The maximum absolute atomic E-state index is 13.6. The summed E-state index contributed by atoms with van der Waals surface area (Å²) in [5.74, 6) is 0.146. The van der Waals surface area contributed by atoms with Gasteiger partial charge >= 0.3 is 0 Å². The van der Waals surface area contributed by atoms with Gasteiger partial charge in [0.05, 0.1) is 17.1 Å². The van der Waals surface area contributed by atoms with E-state index in [4.69, 9.17) is 21.1 Å². The number of hydrogen-bond donors (Lipinski definition) is 2. The summed E-state index contributed by atoms with van der Waals surface area (Å²) < 4.78 is 12.7. The van der Waals surface area contributed by atoms with E-state index < -0.39 is 5.79 Å². The normalized spacial score (nSPS) is 19.5. The lowest BCUT2D eigenvalue weighted by Gasteiger charge is -2.31. The molecule has 1 aromatic heterocycles. The fourth-order valence-electron chi connectivity index (χ4n) is 5.48. The molecule has 4 rings (SSSR count). The molecule has 36 heavy (non-hydrogen) atoms. The van der Waals surface area contributed by atoms with Crippen molar-refractivity contribution in [3.05, 3.63) is 55.0 Å². The Hall–Kier alpha value is -2.51. The molecule has 0 spiro atoms. The first-order chi connectivity index (χ1) is 17.1. The Balaban J connectivity index is 1.56. The molecule has 0 aliphatic carbocycles.